The topological polar surface area (TPSA) is 12.5 Å². The molecule has 2 heterocycles. The van der Waals surface area contributed by atoms with Crippen LogP contribution in [0, 0.1) is 5.41 Å². The maximum atomic E-state index is 5.54. The Labute approximate surface area is 130 Å². The van der Waals surface area contributed by atoms with Gasteiger partial charge in [0, 0.05) is 31.6 Å². The number of ether oxygens (including phenoxy) is 1. The van der Waals surface area contributed by atoms with Crippen LogP contribution in [0.2, 0.25) is 0 Å². The zero-order valence-corrected chi connectivity index (χ0v) is 13.6. The molecule has 2 nitrogen and oxygen atoms in total. The van der Waals surface area contributed by atoms with E-state index in [1.165, 1.54) is 44.5 Å². The molecule has 0 radical (unpaired) electrons. The summed E-state index contributed by atoms with van der Waals surface area (Å²) < 4.78 is 5.54. The van der Waals surface area contributed by atoms with Crippen molar-refractivity contribution in [1.29, 1.82) is 0 Å². The van der Waals surface area contributed by atoms with Crippen molar-refractivity contribution >= 4 is 15.9 Å². The fourth-order valence-corrected chi connectivity index (χ4v) is 4.32. The lowest BCUT2D eigenvalue weighted by Gasteiger charge is -2.38. The molecule has 1 unspecified atom stereocenters. The summed E-state index contributed by atoms with van der Waals surface area (Å²) in [5, 5.41) is 1.11. The first-order valence-corrected chi connectivity index (χ1v) is 8.84. The first kappa shape index (κ1) is 14.6. The van der Waals surface area contributed by atoms with Crippen molar-refractivity contribution in [3.63, 3.8) is 0 Å². The number of rotatable bonds is 4. The second kappa shape index (κ2) is 6.59. The van der Waals surface area contributed by atoms with Crippen LogP contribution in [0.15, 0.2) is 30.3 Å². The molecule has 3 heteroatoms. The second-order valence-corrected chi connectivity index (χ2v) is 6.94. The molecule has 1 aromatic rings. The van der Waals surface area contributed by atoms with Gasteiger partial charge in [0.15, 0.2) is 0 Å². The van der Waals surface area contributed by atoms with Gasteiger partial charge in [-0.2, -0.15) is 0 Å². The highest BCUT2D eigenvalue weighted by molar-refractivity contribution is 9.09. The van der Waals surface area contributed by atoms with Gasteiger partial charge < -0.3 is 9.64 Å². The molecule has 1 aromatic carbocycles. The number of likely N-dealkylation sites (tertiary alicyclic amines) is 1. The van der Waals surface area contributed by atoms with Gasteiger partial charge in [-0.05, 0) is 42.7 Å². The zero-order chi connectivity index (χ0) is 13.8. The quantitative estimate of drug-likeness (QED) is 0.777. The average molecular weight is 338 g/mol. The molecule has 2 fully saturated rings. The van der Waals surface area contributed by atoms with Crippen LogP contribution in [0.25, 0.3) is 0 Å². The predicted octanol–water partition coefficient (Wildman–Crippen LogP) is 3.67. The standard InChI is InChI=1S/C17H24BrNO/c18-13-17(7-10-20-11-8-17)14-19-9-6-16(12-19)15-4-2-1-3-5-15/h1-5,16H,6-14H2. The van der Waals surface area contributed by atoms with Crippen LogP contribution in [0.5, 0.6) is 0 Å². The van der Waals surface area contributed by atoms with Crippen LogP contribution in [0.1, 0.15) is 30.7 Å². The van der Waals surface area contributed by atoms with Crippen LogP contribution < -0.4 is 0 Å². The van der Waals surface area contributed by atoms with Gasteiger partial charge in [0.1, 0.15) is 0 Å². The van der Waals surface area contributed by atoms with E-state index in [0.29, 0.717) is 5.41 Å². The summed E-state index contributed by atoms with van der Waals surface area (Å²) in [5.41, 5.74) is 1.94. The minimum atomic E-state index is 0.434. The Bertz CT molecular complexity index is 416. The number of hydrogen-bond acceptors (Lipinski definition) is 2. The molecule has 0 aliphatic carbocycles. The molecule has 0 spiro atoms. The van der Waals surface area contributed by atoms with Gasteiger partial charge >= 0.3 is 0 Å². The van der Waals surface area contributed by atoms with Crippen LogP contribution in [0.3, 0.4) is 0 Å². The molecule has 1 atom stereocenters. The second-order valence-electron chi connectivity index (χ2n) is 6.38. The van der Waals surface area contributed by atoms with E-state index in [4.69, 9.17) is 4.74 Å². The predicted molar refractivity (Wildman–Crippen MR) is 86.5 cm³/mol. The molecule has 0 N–H and O–H groups in total. The molecule has 2 aliphatic heterocycles. The summed E-state index contributed by atoms with van der Waals surface area (Å²) in [4.78, 5) is 2.67. The minimum Gasteiger partial charge on any atom is -0.381 e. The first-order valence-electron chi connectivity index (χ1n) is 7.72. The monoisotopic (exact) mass is 337 g/mol. The molecule has 2 saturated heterocycles. The Hall–Kier alpha value is -0.380. The third-order valence-electron chi connectivity index (χ3n) is 4.94. The highest BCUT2D eigenvalue weighted by Crippen LogP contribution is 2.36. The van der Waals surface area contributed by atoms with Crippen molar-refractivity contribution in [3.8, 4) is 0 Å². The molecule has 20 heavy (non-hydrogen) atoms. The van der Waals surface area contributed by atoms with E-state index in [2.05, 4.69) is 51.2 Å². The fourth-order valence-electron chi connectivity index (χ4n) is 3.59. The van der Waals surface area contributed by atoms with Gasteiger partial charge in [0.2, 0.25) is 0 Å². The van der Waals surface area contributed by atoms with Crippen molar-refractivity contribution in [2.75, 3.05) is 38.2 Å². The van der Waals surface area contributed by atoms with Gasteiger partial charge in [-0.3, -0.25) is 0 Å². The lowest BCUT2D eigenvalue weighted by molar-refractivity contribution is 0.0115. The molecule has 3 rings (SSSR count). The normalized spacial score (nSPS) is 26.8. The molecule has 110 valence electrons. The SMILES string of the molecule is BrCC1(CN2CCC(c3ccccc3)C2)CCOCC1. The van der Waals surface area contributed by atoms with Crippen molar-refractivity contribution < 1.29 is 4.74 Å². The minimum absolute atomic E-state index is 0.434. The molecule has 0 bridgehead atoms. The highest BCUT2D eigenvalue weighted by Gasteiger charge is 2.35. The molecule has 0 saturated carbocycles. The summed E-state index contributed by atoms with van der Waals surface area (Å²) in [7, 11) is 0. The number of halogens is 1. The molecular weight excluding hydrogens is 314 g/mol. The smallest absolute Gasteiger partial charge is 0.0472 e. The number of nitrogens with zero attached hydrogens (tertiary/aromatic N) is 1. The molecular formula is C17H24BrNO. The van der Waals surface area contributed by atoms with Gasteiger partial charge in [-0.1, -0.05) is 46.3 Å². The van der Waals surface area contributed by atoms with Crippen LogP contribution in [-0.2, 0) is 4.74 Å². The van der Waals surface area contributed by atoms with Crippen molar-refractivity contribution in [2.24, 2.45) is 5.41 Å². The van der Waals surface area contributed by atoms with Gasteiger partial charge in [-0.25, -0.2) is 0 Å². The van der Waals surface area contributed by atoms with Crippen molar-refractivity contribution in [3.05, 3.63) is 35.9 Å². The Morgan fingerprint density at radius 3 is 2.65 bits per heavy atom. The average Bonchev–Trinajstić information content (AvgIpc) is 2.97. The number of alkyl halides is 1. The summed E-state index contributed by atoms with van der Waals surface area (Å²) >= 11 is 3.75. The van der Waals surface area contributed by atoms with Crippen molar-refractivity contribution in [1.82, 2.24) is 4.90 Å². The Morgan fingerprint density at radius 2 is 1.95 bits per heavy atom. The lowest BCUT2D eigenvalue weighted by Crippen LogP contribution is -2.41. The zero-order valence-electron chi connectivity index (χ0n) is 12.1. The third-order valence-corrected chi connectivity index (χ3v) is 6.13. The van der Waals surface area contributed by atoms with E-state index < -0.39 is 0 Å². The van der Waals surface area contributed by atoms with E-state index in [0.717, 1.165) is 24.5 Å². The maximum absolute atomic E-state index is 5.54. The Kier molecular flexibility index (Phi) is 4.79. The summed E-state index contributed by atoms with van der Waals surface area (Å²) in [6.45, 7) is 5.56. The summed E-state index contributed by atoms with van der Waals surface area (Å²) in [6.07, 6.45) is 3.70. The number of hydrogen-bond donors (Lipinski definition) is 0. The maximum Gasteiger partial charge on any atom is 0.0472 e. The molecule has 2 aliphatic rings. The van der Waals surface area contributed by atoms with E-state index in [1.807, 2.05) is 0 Å². The summed E-state index contributed by atoms with van der Waals surface area (Å²) in [6, 6.07) is 11.0. The third kappa shape index (κ3) is 3.26. The van der Waals surface area contributed by atoms with Crippen LogP contribution in [-0.4, -0.2) is 43.1 Å². The Balaban J connectivity index is 1.60. The molecule has 0 amide bonds. The summed E-state index contributed by atoms with van der Waals surface area (Å²) in [5.74, 6) is 0.725. The largest absolute Gasteiger partial charge is 0.381 e. The van der Waals surface area contributed by atoms with Gasteiger partial charge in [0.25, 0.3) is 0 Å². The van der Waals surface area contributed by atoms with E-state index >= 15 is 0 Å². The van der Waals surface area contributed by atoms with Gasteiger partial charge in [0.05, 0.1) is 0 Å². The van der Waals surface area contributed by atoms with Crippen LogP contribution in [0.4, 0.5) is 0 Å². The highest BCUT2D eigenvalue weighted by atomic mass is 79.9. The van der Waals surface area contributed by atoms with Crippen LogP contribution >= 0.6 is 15.9 Å². The number of benzene rings is 1. The van der Waals surface area contributed by atoms with E-state index in [-0.39, 0.29) is 0 Å². The fraction of sp³-hybridized carbons (Fsp3) is 0.647. The Morgan fingerprint density at radius 1 is 1.20 bits per heavy atom. The van der Waals surface area contributed by atoms with Gasteiger partial charge in [-0.15, -0.1) is 0 Å². The first-order chi connectivity index (χ1) is 9.81. The molecule has 0 aromatic heterocycles. The van der Waals surface area contributed by atoms with E-state index in [9.17, 15) is 0 Å². The lowest BCUT2D eigenvalue weighted by atomic mass is 9.82. The van der Waals surface area contributed by atoms with Crippen molar-refractivity contribution in [2.45, 2.75) is 25.2 Å². The van der Waals surface area contributed by atoms with E-state index in [1.54, 1.807) is 0 Å².